The number of amides is 2. The van der Waals surface area contributed by atoms with Crippen LogP contribution in [0.2, 0.25) is 0 Å². The molecule has 2 N–H and O–H groups in total. The van der Waals surface area contributed by atoms with E-state index in [9.17, 15) is 14.4 Å². The summed E-state index contributed by atoms with van der Waals surface area (Å²) >= 11 is 0. The summed E-state index contributed by atoms with van der Waals surface area (Å²) in [4.78, 5) is 37.4. The Bertz CT molecular complexity index is 865. The Morgan fingerprint density at radius 2 is 1.55 bits per heavy atom. The molecule has 0 saturated carbocycles. The van der Waals surface area contributed by atoms with Crippen LogP contribution in [0.5, 0.6) is 0 Å². The van der Waals surface area contributed by atoms with Gasteiger partial charge in [0.25, 0.3) is 0 Å². The maximum atomic E-state index is 12.9. The summed E-state index contributed by atoms with van der Waals surface area (Å²) in [7, 11) is 1.27. The molecule has 0 aromatic heterocycles. The standard InChI is InChI=1S/C24H30N2O5/c1-16(2)21(26-24(29)31-15-19-8-6-5-7-9-19)22(27)25-20(23(28)30-4)14-18-12-10-17(3)11-13-18/h5-13,16,20-21H,14-15H2,1-4H3,(H,25,27)(H,26,29)/t20-,21+/m1/s1. The highest BCUT2D eigenvalue weighted by Gasteiger charge is 2.29. The van der Waals surface area contributed by atoms with E-state index in [-0.39, 0.29) is 18.9 Å². The van der Waals surface area contributed by atoms with Crippen molar-refractivity contribution in [1.29, 1.82) is 0 Å². The Balaban J connectivity index is 2.00. The number of esters is 1. The van der Waals surface area contributed by atoms with Gasteiger partial charge >= 0.3 is 12.1 Å². The number of aryl methyl sites for hydroxylation is 1. The number of ether oxygens (including phenoxy) is 2. The minimum Gasteiger partial charge on any atom is -0.467 e. The van der Waals surface area contributed by atoms with Crippen LogP contribution in [0.3, 0.4) is 0 Å². The minimum absolute atomic E-state index is 0.0946. The summed E-state index contributed by atoms with van der Waals surface area (Å²) < 4.78 is 10.1. The lowest BCUT2D eigenvalue weighted by atomic mass is 10.0. The second kappa shape index (κ2) is 11.7. The molecule has 0 fully saturated rings. The molecule has 0 saturated heterocycles. The highest BCUT2D eigenvalue weighted by Crippen LogP contribution is 2.09. The van der Waals surface area contributed by atoms with E-state index < -0.39 is 30.1 Å². The molecule has 0 unspecified atom stereocenters. The number of rotatable bonds is 9. The molecule has 2 atom stereocenters. The van der Waals surface area contributed by atoms with E-state index in [0.717, 1.165) is 16.7 Å². The lowest BCUT2D eigenvalue weighted by Crippen LogP contribution is -2.54. The lowest BCUT2D eigenvalue weighted by Gasteiger charge is -2.24. The first-order chi connectivity index (χ1) is 14.8. The Hall–Kier alpha value is -3.35. The first-order valence-corrected chi connectivity index (χ1v) is 10.2. The molecule has 7 heteroatoms. The topological polar surface area (TPSA) is 93.7 Å². The molecule has 2 amide bonds. The van der Waals surface area contributed by atoms with Crippen molar-refractivity contribution in [3.05, 3.63) is 71.3 Å². The molecule has 0 spiro atoms. The summed E-state index contributed by atoms with van der Waals surface area (Å²) in [6.45, 7) is 5.67. The van der Waals surface area contributed by atoms with E-state index in [1.54, 1.807) is 13.8 Å². The molecule has 0 aliphatic carbocycles. The van der Waals surface area contributed by atoms with Gasteiger partial charge in [-0.25, -0.2) is 9.59 Å². The van der Waals surface area contributed by atoms with Crippen molar-refractivity contribution in [2.75, 3.05) is 7.11 Å². The number of carbonyl (C=O) groups is 3. The Morgan fingerprint density at radius 1 is 0.903 bits per heavy atom. The minimum atomic E-state index is -0.872. The summed E-state index contributed by atoms with van der Waals surface area (Å²) in [5.41, 5.74) is 2.82. The number of hydrogen-bond acceptors (Lipinski definition) is 5. The smallest absolute Gasteiger partial charge is 0.408 e. The SMILES string of the molecule is COC(=O)[C@@H](Cc1ccc(C)cc1)NC(=O)[C@@H](NC(=O)OCc1ccccc1)C(C)C. The maximum Gasteiger partial charge on any atom is 0.408 e. The van der Waals surface area contributed by atoms with E-state index in [4.69, 9.17) is 9.47 Å². The van der Waals surface area contributed by atoms with E-state index in [1.807, 2.05) is 61.5 Å². The summed E-state index contributed by atoms with van der Waals surface area (Å²) in [6.07, 6.45) is -0.423. The molecule has 0 radical (unpaired) electrons. The normalized spacial score (nSPS) is 12.5. The van der Waals surface area contributed by atoms with Crippen molar-refractivity contribution in [2.45, 2.75) is 45.9 Å². The molecule has 0 aliphatic rings. The average molecular weight is 427 g/mol. The summed E-state index contributed by atoms with van der Waals surface area (Å²) in [5, 5.41) is 5.30. The molecular formula is C24H30N2O5. The number of nitrogens with one attached hydrogen (secondary N) is 2. The number of alkyl carbamates (subject to hydrolysis) is 1. The van der Waals surface area contributed by atoms with Crippen LogP contribution in [0.15, 0.2) is 54.6 Å². The molecule has 31 heavy (non-hydrogen) atoms. The maximum absolute atomic E-state index is 12.9. The van der Waals surface area contributed by atoms with Gasteiger partial charge in [0.1, 0.15) is 18.7 Å². The zero-order valence-corrected chi connectivity index (χ0v) is 18.4. The van der Waals surface area contributed by atoms with Gasteiger partial charge < -0.3 is 20.1 Å². The molecule has 0 heterocycles. The highest BCUT2D eigenvalue weighted by atomic mass is 16.5. The lowest BCUT2D eigenvalue weighted by molar-refractivity contribution is -0.145. The molecule has 0 bridgehead atoms. The summed E-state index contributed by atoms with van der Waals surface area (Å²) in [6, 6.07) is 15.2. The van der Waals surface area contributed by atoms with Gasteiger partial charge in [0.2, 0.25) is 5.91 Å². The fourth-order valence-electron chi connectivity index (χ4n) is 2.98. The second-order valence-electron chi connectivity index (χ2n) is 7.70. The largest absolute Gasteiger partial charge is 0.467 e. The van der Waals surface area contributed by atoms with Crippen molar-refractivity contribution in [1.82, 2.24) is 10.6 Å². The fourth-order valence-corrected chi connectivity index (χ4v) is 2.98. The number of carbonyl (C=O) groups excluding carboxylic acids is 3. The molecule has 2 aromatic rings. The zero-order valence-electron chi connectivity index (χ0n) is 18.4. The molecule has 2 aromatic carbocycles. The van der Waals surface area contributed by atoms with Gasteiger partial charge in [-0.15, -0.1) is 0 Å². The predicted molar refractivity (Wildman–Crippen MR) is 117 cm³/mol. The van der Waals surface area contributed by atoms with Crippen molar-refractivity contribution >= 4 is 18.0 Å². The first kappa shape index (κ1) is 23.9. The van der Waals surface area contributed by atoms with Crippen LogP contribution in [0.4, 0.5) is 4.79 Å². The summed E-state index contributed by atoms with van der Waals surface area (Å²) in [5.74, 6) is -1.25. The molecule has 7 nitrogen and oxygen atoms in total. The number of hydrogen-bond donors (Lipinski definition) is 2. The van der Waals surface area contributed by atoms with Crippen molar-refractivity contribution in [3.63, 3.8) is 0 Å². The molecule has 0 aliphatic heterocycles. The van der Waals surface area contributed by atoms with Gasteiger partial charge in [0, 0.05) is 6.42 Å². The van der Waals surface area contributed by atoms with E-state index >= 15 is 0 Å². The van der Waals surface area contributed by atoms with Gasteiger partial charge in [-0.2, -0.15) is 0 Å². The van der Waals surface area contributed by atoms with Crippen molar-refractivity contribution < 1.29 is 23.9 Å². The Morgan fingerprint density at radius 3 is 2.13 bits per heavy atom. The Kier molecular flexibility index (Phi) is 9.06. The van der Waals surface area contributed by atoms with Crippen LogP contribution in [0.1, 0.15) is 30.5 Å². The van der Waals surface area contributed by atoms with Gasteiger partial charge in [-0.05, 0) is 24.0 Å². The second-order valence-corrected chi connectivity index (χ2v) is 7.70. The molecular weight excluding hydrogens is 396 g/mol. The van der Waals surface area contributed by atoms with E-state index in [0.29, 0.717) is 0 Å². The van der Waals surface area contributed by atoms with Crippen molar-refractivity contribution in [2.24, 2.45) is 5.92 Å². The number of benzene rings is 2. The fraction of sp³-hybridized carbons (Fsp3) is 0.375. The van der Waals surface area contributed by atoms with E-state index in [2.05, 4.69) is 10.6 Å². The predicted octanol–water partition coefficient (Wildman–Crippen LogP) is 3.15. The number of methoxy groups -OCH3 is 1. The third-order valence-corrected chi connectivity index (χ3v) is 4.80. The van der Waals surface area contributed by atoms with Gasteiger partial charge in [-0.1, -0.05) is 74.0 Å². The molecule has 2 rings (SSSR count). The van der Waals surface area contributed by atoms with Crippen LogP contribution in [0, 0.1) is 12.8 Å². The molecule has 166 valence electrons. The first-order valence-electron chi connectivity index (χ1n) is 10.2. The Labute approximate surface area is 183 Å². The van der Waals surface area contributed by atoms with Gasteiger partial charge in [-0.3, -0.25) is 4.79 Å². The van der Waals surface area contributed by atoms with Gasteiger partial charge in [0.15, 0.2) is 0 Å². The highest BCUT2D eigenvalue weighted by molar-refractivity contribution is 5.90. The van der Waals surface area contributed by atoms with Crippen LogP contribution < -0.4 is 10.6 Å². The third-order valence-electron chi connectivity index (χ3n) is 4.80. The quantitative estimate of drug-likeness (QED) is 0.601. The van der Waals surface area contributed by atoms with Crippen LogP contribution in [-0.2, 0) is 32.1 Å². The van der Waals surface area contributed by atoms with Crippen molar-refractivity contribution in [3.8, 4) is 0 Å². The van der Waals surface area contributed by atoms with Gasteiger partial charge in [0.05, 0.1) is 7.11 Å². The van der Waals surface area contributed by atoms with E-state index in [1.165, 1.54) is 7.11 Å². The van der Waals surface area contributed by atoms with Crippen LogP contribution in [-0.4, -0.2) is 37.2 Å². The average Bonchev–Trinajstić information content (AvgIpc) is 2.76. The monoisotopic (exact) mass is 426 g/mol. The van der Waals surface area contributed by atoms with Crippen LogP contribution >= 0.6 is 0 Å². The van der Waals surface area contributed by atoms with Crippen LogP contribution in [0.25, 0.3) is 0 Å². The zero-order chi connectivity index (χ0) is 22.8. The third kappa shape index (κ3) is 7.77.